The molecule has 4 nitrogen and oxygen atoms in total. The number of benzene rings is 1. The fourth-order valence-corrected chi connectivity index (χ4v) is 2.36. The lowest BCUT2D eigenvalue weighted by atomic mass is 9.90. The molecule has 1 heterocycles. The van der Waals surface area contributed by atoms with Crippen molar-refractivity contribution in [2.75, 3.05) is 13.7 Å². The van der Waals surface area contributed by atoms with Crippen LogP contribution in [0.25, 0.3) is 0 Å². The molecular weight excluding hydrogens is 247 g/mol. The molecule has 2 rings (SSSR count). The lowest BCUT2D eigenvalue weighted by Crippen LogP contribution is -2.58. The van der Waals surface area contributed by atoms with E-state index in [0.29, 0.717) is 13.1 Å². The fraction of sp³-hybridized carbons (Fsp3) is 0.500. The maximum absolute atomic E-state index is 13.7. The molecule has 1 aromatic rings. The monoisotopic (exact) mass is 266 g/mol. The summed E-state index contributed by atoms with van der Waals surface area (Å²) in [5.74, 6) is 0.277. The van der Waals surface area contributed by atoms with E-state index in [9.17, 15) is 9.18 Å². The molecule has 0 saturated carbocycles. The molecule has 104 valence electrons. The molecule has 1 aromatic carbocycles. The minimum absolute atomic E-state index is 0.0882. The maximum atomic E-state index is 13.7. The largest absolute Gasteiger partial charge is 0.497 e. The fourth-order valence-electron chi connectivity index (χ4n) is 2.36. The Hall–Kier alpha value is -1.62. The summed E-state index contributed by atoms with van der Waals surface area (Å²) in [6.45, 7) is 2.52. The van der Waals surface area contributed by atoms with Gasteiger partial charge in [-0.2, -0.15) is 0 Å². The number of nitrogens with two attached hydrogens (primary N) is 1. The van der Waals surface area contributed by atoms with Crippen molar-refractivity contribution in [2.45, 2.75) is 31.6 Å². The maximum Gasteiger partial charge on any atom is 0.257 e. The number of likely N-dealkylation sites (tertiary alicyclic amines) is 1. The SMILES string of the molecule is COc1ccc(CN2CC(C)(N)CC(F)C2=O)cc1. The molecule has 1 fully saturated rings. The van der Waals surface area contributed by atoms with Crippen molar-refractivity contribution in [1.82, 2.24) is 4.90 Å². The summed E-state index contributed by atoms with van der Waals surface area (Å²) in [7, 11) is 1.59. The Kier molecular flexibility index (Phi) is 3.75. The van der Waals surface area contributed by atoms with Gasteiger partial charge in [0.25, 0.3) is 5.91 Å². The number of halogens is 1. The number of carbonyl (C=O) groups is 1. The molecule has 2 N–H and O–H groups in total. The van der Waals surface area contributed by atoms with E-state index >= 15 is 0 Å². The number of hydrogen-bond acceptors (Lipinski definition) is 3. The van der Waals surface area contributed by atoms with Crippen LogP contribution in [0.1, 0.15) is 18.9 Å². The van der Waals surface area contributed by atoms with Gasteiger partial charge in [-0.05, 0) is 24.6 Å². The van der Waals surface area contributed by atoms with Gasteiger partial charge in [0, 0.05) is 25.0 Å². The highest BCUT2D eigenvalue weighted by atomic mass is 19.1. The zero-order valence-electron chi connectivity index (χ0n) is 11.2. The predicted octanol–water partition coefficient (Wildman–Crippen LogP) is 1.48. The van der Waals surface area contributed by atoms with Crippen molar-refractivity contribution in [2.24, 2.45) is 5.73 Å². The van der Waals surface area contributed by atoms with Crippen molar-refractivity contribution in [1.29, 1.82) is 0 Å². The van der Waals surface area contributed by atoms with Crippen LogP contribution >= 0.6 is 0 Å². The number of ether oxygens (including phenoxy) is 1. The molecule has 1 amide bonds. The van der Waals surface area contributed by atoms with Crippen molar-refractivity contribution < 1.29 is 13.9 Å². The molecule has 1 aliphatic heterocycles. The van der Waals surface area contributed by atoms with Gasteiger partial charge in [0.15, 0.2) is 6.17 Å². The first-order valence-corrected chi connectivity index (χ1v) is 6.26. The predicted molar refractivity (Wildman–Crippen MR) is 70.5 cm³/mol. The molecular formula is C14H19FN2O2. The molecule has 2 unspecified atom stereocenters. The first-order chi connectivity index (χ1) is 8.91. The lowest BCUT2D eigenvalue weighted by molar-refractivity contribution is -0.142. The molecule has 5 heteroatoms. The summed E-state index contributed by atoms with van der Waals surface area (Å²) in [5, 5.41) is 0. The number of hydrogen-bond donors (Lipinski definition) is 1. The zero-order valence-corrected chi connectivity index (χ0v) is 11.2. The van der Waals surface area contributed by atoms with Crippen molar-refractivity contribution in [3.8, 4) is 5.75 Å². The van der Waals surface area contributed by atoms with Crippen molar-refractivity contribution in [3.05, 3.63) is 29.8 Å². The van der Waals surface area contributed by atoms with E-state index in [4.69, 9.17) is 10.5 Å². The van der Waals surface area contributed by atoms with Gasteiger partial charge in [0.05, 0.1) is 7.11 Å². The quantitative estimate of drug-likeness (QED) is 0.901. The summed E-state index contributed by atoms with van der Waals surface area (Å²) in [5.41, 5.74) is 6.23. The average Bonchev–Trinajstić information content (AvgIpc) is 2.35. The molecule has 2 atom stereocenters. The van der Waals surface area contributed by atoms with E-state index < -0.39 is 17.6 Å². The first kappa shape index (κ1) is 13.8. The Morgan fingerprint density at radius 2 is 2.11 bits per heavy atom. The van der Waals surface area contributed by atoms with Crippen LogP contribution in [-0.4, -0.2) is 36.2 Å². The Morgan fingerprint density at radius 1 is 1.47 bits per heavy atom. The smallest absolute Gasteiger partial charge is 0.257 e. The summed E-state index contributed by atoms with van der Waals surface area (Å²) in [4.78, 5) is 13.3. The van der Waals surface area contributed by atoms with Crippen LogP contribution in [0.15, 0.2) is 24.3 Å². The number of nitrogens with zero attached hydrogens (tertiary/aromatic N) is 1. The summed E-state index contributed by atoms with van der Waals surface area (Å²) in [6.07, 6.45) is -1.41. The minimum Gasteiger partial charge on any atom is -0.497 e. The Morgan fingerprint density at radius 3 is 2.68 bits per heavy atom. The van der Waals surface area contributed by atoms with Crippen LogP contribution in [0, 0.1) is 0 Å². The van der Waals surface area contributed by atoms with Gasteiger partial charge < -0.3 is 15.4 Å². The molecule has 0 spiro atoms. The second kappa shape index (κ2) is 5.17. The molecule has 1 saturated heterocycles. The van der Waals surface area contributed by atoms with Gasteiger partial charge >= 0.3 is 0 Å². The van der Waals surface area contributed by atoms with Crippen LogP contribution in [0.4, 0.5) is 4.39 Å². The van der Waals surface area contributed by atoms with Crippen LogP contribution in [0.3, 0.4) is 0 Å². The van der Waals surface area contributed by atoms with E-state index in [1.165, 1.54) is 4.90 Å². The molecule has 0 bridgehead atoms. The van der Waals surface area contributed by atoms with Crippen molar-refractivity contribution >= 4 is 5.91 Å². The van der Waals surface area contributed by atoms with E-state index in [2.05, 4.69) is 0 Å². The Balaban J connectivity index is 2.09. The number of rotatable bonds is 3. The summed E-state index contributed by atoms with van der Waals surface area (Å²) >= 11 is 0. The average molecular weight is 266 g/mol. The van der Waals surface area contributed by atoms with Crippen LogP contribution in [0.5, 0.6) is 5.75 Å². The number of carbonyl (C=O) groups excluding carboxylic acids is 1. The minimum atomic E-state index is -1.50. The Bertz CT molecular complexity index is 459. The number of alkyl halides is 1. The number of amides is 1. The third kappa shape index (κ3) is 3.23. The van der Waals surface area contributed by atoms with Gasteiger partial charge in [-0.3, -0.25) is 4.79 Å². The van der Waals surface area contributed by atoms with Gasteiger partial charge in [0.1, 0.15) is 5.75 Å². The van der Waals surface area contributed by atoms with Gasteiger partial charge in [-0.1, -0.05) is 12.1 Å². The van der Waals surface area contributed by atoms with Gasteiger partial charge in [-0.15, -0.1) is 0 Å². The highest BCUT2D eigenvalue weighted by molar-refractivity contribution is 5.82. The van der Waals surface area contributed by atoms with E-state index in [1.54, 1.807) is 14.0 Å². The standard InChI is InChI=1S/C14H19FN2O2/c1-14(16)7-12(15)13(18)17(9-14)8-10-3-5-11(19-2)6-4-10/h3-6,12H,7-9,16H2,1-2H3. The lowest BCUT2D eigenvalue weighted by Gasteiger charge is -2.39. The molecule has 0 radical (unpaired) electrons. The van der Waals surface area contributed by atoms with E-state index in [1.807, 2.05) is 24.3 Å². The number of piperidine rings is 1. The van der Waals surface area contributed by atoms with Gasteiger partial charge in [-0.25, -0.2) is 4.39 Å². The first-order valence-electron chi connectivity index (χ1n) is 6.26. The third-order valence-electron chi connectivity index (χ3n) is 3.31. The van der Waals surface area contributed by atoms with Gasteiger partial charge in [0.2, 0.25) is 0 Å². The Labute approximate surface area is 112 Å². The van der Waals surface area contributed by atoms with Crippen molar-refractivity contribution in [3.63, 3.8) is 0 Å². The van der Waals surface area contributed by atoms with E-state index in [-0.39, 0.29) is 6.42 Å². The molecule has 19 heavy (non-hydrogen) atoms. The second-order valence-corrected chi connectivity index (χ2v) is 5.37. The third-order valence-corrected chi connectivity index (χ3v) is 3.31. The molecule has 1 aliphatic rings. The normalized spacial score (nSPS) is 27.5. The zero-order chi connectivity index (χ0) is 14.0. The summed E-state index contributed by atoms with van der Waals surface area (Å²) < 4.78 is 18.7. The molecule has 0 aliphatic carbocycles. The summed E-state index contributed by atoms with van der Waals surface area (Å²) in [6, 6.07) is 7.36. The second-order valence-electron chi connectivity index (χ2n) is 5.37. The highest BCUT2D eigenvalue weighted by Gasteiger charge is 2.39. The number of methoxy groups -OCH3 is 1. The van der Waals surface area contributed by atoms with Crippen LogP contribution in [0.2, 0.25) is 0 Å². The van der Waals surface area contributed by atoms with Crippen LogP contribution in [-0.2, 0) is 11.3 Å². The topological polar surface area (TPSA) is 55.6 Å². The highest BCUT2D eigenvalue weighted by Crippen LogP contribution is 2.24. The van der Waals surface area contributed by atoms with Crippen LogP contribution < -0.4 is 10.5 Å². The van der Waals surface area contributed by atoms with E-state index in [0.717, 1.165) is 11.3 Å². The molecule has 0 aromatic heterocycles.